The predicted molar refractivity (Wildman–Crippen MR) is 79.3 cm³/mol. The zero-order chi connectivity index (χ0) is 13.7. The molecule has 0 amide bonds. The lowest BCUT2D eigenvalue weighted by Crippen LogP contribution is -2.02. The third-order valence-corrected chi connectivity index (χ3v) is 3.24. The first kappa shape index (κ1) is 13.6. The van der Waals surface area contributed by atoms with Crippen LogP contribution in [0.1, 0.15) is 15.9 Å². The maximum absolute atomic E-state index is 11.3. The minimum atomic E-state index is -0.320. The van der Waals surface area contributed by atoms with Gasteiger partial charge in [0.1, 0.15) is 0 Å². The highest BCUT2D eigenvalue weighted by molar-refractivity contribution is 9.10. The smallest absolute Gasteiger partial charge is 0.337 e. The van der Waals surface area contributed by atoms with Crippen LogP contribution in [-0.2, 0) is 11.3 Å². The molecule has 0 aliphatic rings. The number of anilines is 1. The van der Waals surface area contributed by atoms with Gasteiger partial charge >= 0.3 is 5.97 Å². The van der Waals surface area contributed by atoms with Crippen LogP contribution in [0.4, 0.5) is 5.69 Å². The van der Waals surface area contributed by atoms with Crippen LogP contribution in [0.25, 0.3) is 0 Å². The lowest BCUT2D eigenvalue weighted by Gasteiger charge is -2.07. The second-order valence-electron chi connectivity index (χ2n) is 4.05. The van der Waals surface area contributed by atoms with Crippen molar-refractivity contribution in [1.29, 1.82) is 0 Å². The van der Waals surface area contributed by atoms with E-state index in [2.05, 4.69) is 38.1 Å². The number of halogens is 1. The molecule has 1 N–H and O–H groups in total. The van der Waals surface area contributed by atoms with E-state index in [9.17, 15) is 4.79 Å². The Bertz CT molecular complexity index is 549. The summed E-state index contributed by atoms with van der Waals surface area (Å²) in [7, 11) is 1.38. The molecule has 0 radical (unpaired) electrons. The summed E-state index contributed by atoms with van der Waals surface area (Å²) in [6.45, 7) is 0.741. The summed E-state index contributed by atoms with van der Waals surface area (Å²) >= 11 is 3.41. The fourth-order valence-electron chi connectivity index (χ4n) is 1.65. The van der Waals surface area contributed by atoms with Gasteiger partial charge in [-0.2, -0.15) is 0 Å². The first-order valence-corrected chi connectivity index (χ1v) is 6.65. The predicted octanol–water partition coefficient (Wildman–Crippen LogP) is 3.85. The lowest BCUT2D eigenvalue weighted by atomic mass is 10.2. The number of methoxy groups -OCH3 is 1. The van der Waals surface area contributed by atoms with E-state index in [1.807, 2.05) is 24.3 Å². The van der Waals surface area contributed by atoms with Gasteiger partial charge in [-0.05, 0) is 42.0 Å². The Morgan fingerprint density at radius 3 is 2.32 bits per heavy atom. The van der Waals surface area contributed by atoms with Crippen LogP contribution in [0.2, 0.25) is 0 Å². The monoisotopic (exact) mass is 319 g/mol. The van der Waals surface area contributed by atoms with Gasteiger partial charge in [0.25, 0.3) is 0 Å². The van der Waals surface area contributed by atoms with E-state index in [0.717, 1.165) is 16.7 Å². The van der Waals surface area contributed by atoms with Crippen LogP contribution in [0.3, 0.4) is 0 Å². The maximum atomic E-state index is 11.3. The van der Waals surface area contributed by atoms with Crippen molar-refractivity contribution >= 4 is 27.6 Å². The molecule has 0 saturated heterocycles. The summed E-state index contributed by atoms with van der Waals surface area (Å²) in [5.74, 6) is -0.320. The molecule has 0 aromatic heterocycles. The van der Waals surface area contributed by atoms with Crippen LogP contribution in [0.15, 0.2) is 53.0 Å². The van der Waals surface area contributed by atoms with E-state index < -0.39 is 0 Å². The van der Waals surface area contributed by atoms with Gasteiger partial charge in [-0.3, -0.25) is 0 Å². The highest BCUT2D eigenvalue weighted by Gasteiger charge is 2.03. The summed E-state index contributed by atoms with van der Waals surface area (Å²) in [6.07, 6.45) is 0. The van der Waals surface area contributed by atoms with Gasteiger partial charge in [0.05, 0.1) is 12.7 Å². The number of hydrogen-bond acceptors (Lipinski definition) is 3. The molecule has 2 rings (SSSR count). The topological polar surface area (TPSA) is 38.3 Å². The number of carbonyl (C=O) groups excluding carboxylic acids is 1. The molecule has 0 unspecified atom stereocenters. The Morgan fingerprint density at radius 1 is 1.11 bits per heavy atom. The van der Waals surface area contributed by atoms with E-state index in [4.69, 9.17) is 0 Å². The van der Waals surface area contributed by atoms with Gasteiger partial charge in [-0.15, -0.1) is 0 Å². The van der Waals surface area contributed by atoms with E-state index in [-0.39, 0.29) is 5.97 Å². The average molecular weight is 320 g/mol. The third-order valence-electron chi connectivity index (χ3n) is 2.72. The van der Waals surface area contributed by atoms with Gasteiger partial charge < -0.3 is 10.1 Å². The van der Waals surface area contributed by atoms with Gasteiger partial charge in [-0.25, -0.2) is 4.79 Å². The molecular formula is C15H14BrNO2. The fraction of sp³-hybridized carbons (Fsp3) is 0.133. The SMILES string of the molecule is COC(=O)c1ccc(NCc2ccc(Br)cc2)cc1. The Balaban J connectivity index is 1.96. The van der Waals surface area contributed by atoms with Gasteiger partial charge in [0.15, 0.2) is 0 Å². The summed E-state index contributed by atoms with van der Waals surface area (Å²) < 4.78 is 5.72. The maximum Gasteiger partial charge on any atom is 0.337 e. The van der Waals surface area contributed by atoms with Crippen LogP contribution >= 0.6 is 15.9 Å². The molecule has 0 saturated carbocycles. The lowest BCUT2D eigenvalue weighted by molar-refractivity contribution is 0.0601. The summed E-state index contributed by atoms with van der Waals surface area (Å²) in [5, 5.41) is 3.30. The van der Waals surface area contributed by atoms with E-state index >= 15 is 0 Å². The van der Waals surface area contributed by atoms with Crippen molar-refractivity contribution in [1.82, 2.24) is 0 Å². The number of carbonyl (C=O) groups is 1. The molecule has 3 nitrogen and oxygen atoms in total. The second-order valence-corrected chi connectivity index (χ2v) is 4.96. The van der Waals surface area contributed by atoms with Crippen molar-refractivity contribution in [3.8, 4) is 0 Å². The van der Waals surface area contributed by atoms with E-state index in [0.29, 0.717) is 5.56 Å². The Hall–Kier alpha value is -1.81. The molecule has 0 heterocycles. The molecule has 0 aliphatic heterocycles. The first-order chi connectivity index (χ1) is 9.19. The van der Waals surface area contributed by atoms with Gasteiger partial charge in [0, 0.05) is 16.7 Å². The van der Waals surface area contributed by atoms with E-state index in [1.165, 1.54) is 12.7 Å². The van der Waals surface area contributed by atoms with Crippen LogP contribution in [0.5, 0.6) is 0 Å². The summed E-state index contributed by atoms with van der Waals surface area (Å²) in [6, 6.07) is 15.4. The first-order valence-electron chi connectivity index (χ1n) is 5.86. The van der Waals surface area contributed by atoms with Gasteiger partial charge in [-0.1, -0.05) is 28.1 Å². The number of ether oxygens (including phenoxy) is 1. The molecule has 2 aromatic rings. The molecule has 0 bridgehead atoms. The molecule has 19 heavy (non-hydrogen) atoms. The fourth-order valence-corrected chi connectivity index (χ4v) is 1.91. The minimum Gasteiger partial charge on any atom is -0.465 e. The third kappa shape index (κ3) is 3.83. The van der Waals surface area contributed by atoms with Crippen molar-refractivity contribution in [3.63, 3.8) is 0 Å². The summed E-state index contributed by atoms with van der Waals surface area (Å²) in [4.78, 5) is 11.3. The average Bonchev–Trinajstić information content (AvgIpc) is 2.46. The van der Waals surface area contributed by atoms with Crippen LogP contribution < -0.4 is 5.32 Å². The normalized spacial score (nSPS) is 10.0. The molecule has 0 fully saturated rings. The quantitative estimate of drug-likeness (QED) is 0.870. The highest BCUT2D eigenvalue weighted by Crippen LogP contribution is 2.14. The van der Waals surface area contributed by atoms with Crippen LogP contribution in [-0.4, -0.2) is 13.1 Å². The number of benzene rings is 2. The molecule has 4 heteroatoms. The molecular weight excluding hydrogens is 306 g/mol. The standard InChI is InChI=1S/C15H14BrNO2/c1-19-15(18)12-4-8-14(9-5-12)17-10-11-2-6-13(16)7-3-11/h2-9,17H,10H2,1H3. The Kier molecular flexibility index (Phi) is 4.58. The van der Waals surface area contributed by atoms with Gasteiger partial charge in [0.2, 0.25) is 0 Å². The molecule has 0 aliphatic carbocycles. The number of esters is 1. The van der Waals surface area contributed by atoms with Crippen molar-refractivity contribution < 1.29 is 9.53 Å². The number of hydrogen-bond donors (Lipinski definition) is 1. The van der Waals surface area contributed by atoms with Crippen molar-refractivity contribution in [3.05, 3.63) is 64.1 Å². The largest absolute Gasteiger partial charge is 0.465 e. The molecule has 98 valence electrons. The Labute approximate surface area is 120 Å². The van der Waals surface area contributed by atoms with Crippen molar-refractivity contribution in [2.45, 2.75) is 6.54 Å². The van der Waals surface area contributed by atoms with Crippen LogP contribution in [0, 0.1) is 0 Å². The minimum absolute atomic E-state index is 0.320. The van der Waals surface area contributed by atoms with Crippen molar-refractivity contribution in [2.75, 3.05) is 12.4 Å². The zero-order valence-electron chi connectivity index (χ0n) is 10.5. The second kappa shape index (κ2) is 6.38. The number of nitrogens with one attached hydrogen (secondary N) is 1. The number of rotatable bonds is 4. The van der Waals surface area contributed by atoms with E-state index in [1.54, 1.807) is 12.1 Å². The molecule has 0 spiro atoms. The summed E-state index contributed by atoms with van der Waals surface area (Å²) in [5.41, 5.74) is 2.72. The van der Waals surface area contributed by atoms with Crippen molar-refractivity contribution in [2.24, 2.45) is 0 Å². The highest BCUT2D eigenvalue weighted by atomic mass is 79.9. The zero-order valence-corrected chi connectivity index (χ0v) is 12.1. The molecule has 0 atom stereocenters. The Morgan fingerprint density at radius 2 is 1.74 bits per heavy atom. The molecule has 2 aromatic carbocycles.